The van der Waals surface area contributed by atoms with Crippen molar-refractivity contribution in [3.05, 3.63) is 47.3 Å². The summed E-state index contributed by atoms with van der Waals surface area (Å²) >= 11 is 0. The molecule has 0 aliphatic heterocycles. The molecule has 2 aromatic rings. The van der Waals surface area contributed by atoms with Gasteiger partial charge in [-0.2, -0.15) is 5.10 Å². The Kier molecular flexibility index (Phi) is 5.39. The summed E-state index contributed by atoms with van der Waals surface area (Å²) in [7, 11) is 1.70. The van der Waals surface area contributed by atoms with Crippen molar-refractivity contribution in [3.63, 3.8) is 0 Å². The molecule has 1 atom stereocenters. The second-order valence-corrected chi connectivity index (χ2v) is 5.00. The van der Waals surface area contributed by atoms with Gasteiger partial charge in [0.2, 0.25) is 0 Å². The first kappa shape index (κ1) is 15.6. The quantitative estimate of drug-likeness (QED) is 0.850. The molecule has 2 rings (SSSR count). The van der Waals surface area contributed by atoms with Crippen molar-refractivity contribution in [1.29, 1.82) is 0 Å². The Bertz CT molecular complexity index is 577. The molecule has 0 fully saturated rings. The van der Waals surface area contributed by atoms with Crippen LogP contribution in [0.1, 0.15) is 43.8 Å². The van der Waals surface area contributed by atoms with Crippen LogP contribution in [0.25, 0.3) is 0 Å². The Balaban J connectivity index is 2.44. The third kappa shape index (κ3) is 3.45. The van der Waals surface area contributed by atoms with Crippen LogP contribution in [0, 0.1) is 0 Å². The molecule has 0 aliphatic carbocycles. The molecule has 1 aromatic heterocycles. The van der Waals surface area contributed by atoms with E-state index in [-0.39, 0.29) is 6.04 Å². The number of nitrogens with one attached hydrogen (secondary N) is 1. The molecule has 0 amide bonds. The zero-order valence-corrected chi connectivity index (χ0v) is 13.4. The minimum atomic E-state index is 0.137. The molecule has 1 N–H and O–H groups in total. The Morgan fingerprint density at radius 3 is 2.67 bits per heavy atom. The highest BCUT2D eigenvalue weighted by atomic mass is 16.5. The van der Waals surface area contributed by atoms with E-state index in [0.29, 0.717) is 0 Å². The minimum absolute atomic E-state index is 0.137. The molecule has 1 aromatic carbocycles. The number of aromatic nitrogens is 2. The Labute approximate surface area is 127 Å². The summed E-state index contributed by atoms with van der Waals surface area (Å²) < 4.78 is 7.44. The van der Waals surface area contributed by atoms with Gasteiger partial charge >= 0.3 is 0 Å². The summed E-state index contributed by atoms with van der Waals surface area (Å²) in [5, 5.41) is 8.23. The van der Waals surface area contributed by atoms with Crippen molar-refractivity contribution >= 4 is 0 Å². The van der Waals surface area contributed by atoms with Crippen LogP contribution in [0.2, 0.25) is 0 Å². The molecule has 0 aliphatic rings. The summed E-state index contributed by atoms with van der Waals surface area (Å²) in [5.74, 6) is 0.883. The maximum absolute atomic E-state index is 5.35. The van der Waals surface area contributed by atoms with Gasteiger partial charge in [0.25, 0.3) is 0 Å². The first-order chi connectivity index (χ1) is 10.2. The van der Waals surface area contributed by atoms with E-state index in [2.05, 4.69) is 54.1 Å². The van der Waals surface area contributed by atoms with Gasteiger partial charge in [0.05, 0.1) is 24.5 Å². The summed E-state index contributed by atoms with van der Waals surface area (Å²) in [5.41, 5.74) is 3.55. The molecule has 0 saturated heterocycles. The maximum atomic E-state index is 5.35. The van der Waals surface area contributed by atoms with E-state index in [4.69, 9.17) is 4.74 Å². The Morgan fingerprint density at radius 2 is 2.05 bits per heavy atom. The van der Waals surface area contributed by atoms with Gasteiger partial charge in [0, 0.05) is 6.54 Å². The van der Waals surface area contributed by atoms with E-state index in [1.54, 1.807) is 7.11 Å². The third-order valence-corrected chi connectivity index (χ3v) is 3.65. The number of hydrogen-bond donors (Lipinski definition) is 1. The van der Waals surface area contributed by atoms with Crippen molar-refractivity contribution in [3.8, 4) is 5.75 Å². The second kappa shape index (κ2) is 7.27. The zero-order valence-electron chi connectivity index (χ0n) is 13.4. The van der Waals surface area contributed by atoms with E-state index < -0.39 is 0 Å². The largest absolute Gasteiger partial charge is 0.497 e. The highest BCUT2D eigenvalue weighted by molar-refractivity contribution is 5.35. The third-order valence-electron chi connectivity index (χ3n) is 3.65. The predicted molar refractivity (Wildman–Crippen MR) is 85.8 cm³/mol. The second-order valence-electron chi connectivity index (χ2n) is 5.00. The number of methoxy groups -OCH3 is 1. The van der Waals surface area contributed by atoms with E-state index in [0.717, 1.165) is 31.0 Å². The Morgan fingerprint density at radius 1 is 1.24 bits per heavy atom. The maximum Gasteiger partial charge on any atom is 0.119 e. The van der Waals surface area contributed by atoms with Crippen LogP contribution in [0.5, 0.6) is 5.75 Å². The van der Waals surface area contributed by atoms with Gasteiger partial charge in [-0.25, -0.2) is 0 Å². The number of ether oxygens (including phenoxy) is 1. The number of nitrogens with zero attached hydrogens (tertiary/aromatic N) is 2. The fourth-order valence-corrected chi connectivity index (χ4v) is 2.56. The van der Waals surface area contributed by atoms with Crippen LogP contribution >= 0.6 is 0 Å². The zero-order chi connectivity index (χ0) is 15.2. The average Bonchev–Trinajstić information content (AvgIpc) is 2.95. The summed E-state index contributed by atoms with van der Waals surface area (Å²) in [6.45, 7) is 8.17. The molecule has 21 heavy (non-hydrogen) atoms. The smallest absolute Gasteiger partial charge is 0.119 e. The molecular weight excluding hydrogens is 262 g/mol. The standard InChI is InChI=1S/C17H25N3O/c1-5-14-12-16(20(7-3)19-14)17(18-6-2)13-9-8-10-15(11-13)21-4/h8-12,17-18H,5-7H2,1-4H3. The van der Waals surface area contributed by atoms with Crippen LogP contribution in [0.4, 0.5) is 0 Å². The minimum Gasteiger partial charge on any atom is -0.497 e. The summed E-state index contributed by atoms with van der Waals surface area (Å²) in [6, 6.07) is 10.6. The lowest BCUT2D eigenvalue weighted by atomic mass is 10.0. The summed E-state index contributed by atoms with van der Waals surface area (Å²) in [4.78, 5) is 0. The van der Waals surface area contributed by atoms with Crippen LogP contribution < -0.4 is 10.1 Å². The molecule has 4 nitrogen and oxygen atoms in total. The first-order valence-electron chi connectivity index (χ1n) is 7.67. The average molecular weight is 287 g/mol. The van der Waals surface area contributed by atoms with Gasteiger partial charge in [-0.3, -0.25) is 4.68 Å². The number of benzene rings is 1. The van der Waals surface area contributed by atoms with Gasteiger partial charge in [0.1, 0.15) is 5.75 Å². The topological polar surface area (TPSA) is 39.1 Å². The lowest BCUT2D eigenvalue weighted by molar-refractivity contribution is 0.413. The van der Waals surface area contributed by atoms with Crippen molar-refractivity contribution in [1.82, 2.24) is 15.1 Å². The van der Waals surface area contributed by atoms with Crippen LogP contribution in [-0.2, 0) is 13.0 Å². The molecule has 1 heterocycles. The fraction of sp³-hybridized carbons (Fsp3) is 0.471. The monoisotopic (exact) mass is 287 g/mol. The first-order valence-corrected chi connectivity index (χ1v) is 7.67. The lowest BCUT2D eigenvalue weighted by Crippen LogP contribution is -2.24. The van der Waals surface area contributed by atoms with E-state index >= 15 is 0 Å². The molecule has 4 heteroatoms. The molecule has 0 radical (unpaired) electrons. The van der Waals surface area contributed by atoms with Crippen LogP contribution in [-0.4, -0.2) is 23.4 Å². The SMILES string of the molecule is CCNC(c1cccc(OC)c1)c1cc(CC)nn1CC. The van der Waals surface area contributed by atoms with E-state index in [1.807, 2.05) is 12.1 Å². The highest BCUT2D eigenvalue weighted by Gasteiger charge is 2.19. The van der Waals surface area contributed by atoms with Crippen molar-refractivity contribution in [2.75, 3.05) is 13.7 Å². The number of aryl methyl sites for hydroxylation is 2. The summed E-state index contributed by atoms with van der Waals surface area (Å²) in [6.07, 6.45) is 0.955. The van der Waals surface area contributed by atoms with Crippen molar-refractivity contribution in [2.45, 2.75) is 39.8 Å². The van der Waals surface area contributed by atoms with Gasteiger partial charge in [0.15, 0.2) is 0 Å². The fourth-order valence-electron chi connectivity index (χ4n) is 2.56. The van der Waals surface area contributed by atoms with Crippen molar-refractivity contribution < 1.29 is 4.74 Å². The van der Waals surface area contributed by atoms with Gasteiger partial charge in [-0.1, -0.05) is 26.0 Å². The van der Waals surface area contributed by atoms with E-state index in [1.165, 1.54) is 11.3 Å². The highest BCUT2D eigenvalue weighted by Crippen LogP contribution is 2.26. The lowest BCUT2D eigenvalue weighted by Gasteiger charge is -2.20. The van der Waals surface area contributed by atoms with E-state index in [9.17, 15) is 0 Å². The number of hydrogen-bond acceptors (Lipinski definition) is 3. The number of rotatable bonds is 7. The molecule has 114 valence electrons. The molecule has 0 saturated carbocycles. The molecule has 1 unspecified atom stereocenters. The molecular formula is C17H25N3O. The van der Waals surface area contributed by atoms with Crippen molar-refractivity contribution in [2.24, 2.45) is 0 Å². The van der Waals surface area contributed by atoms with Crippen LogP contribution in [0.15, 0.2) is 30.3 Å². The normalized spacial score (nSPS) is 12.4. The van der Waals surface area contributed by atoms with Gasteiger partial charge in [-0.15, -0.1) is 0 Å². The van der Waals surface area contributed by atoms with Gasteiger partial charge in [-0.05, 0) is 43.7 Å². The molecule has 0 spiro atoms. The van der Waals surface area contributed by atoms with Gasteiger partial charge < -0.3 is 10.1 Å². The van der Waals surface area contributed by atoms with Crippen LogP contribution in [0.3, 0.4) is 0 Å². The predicted octanol–water partition coefficient (Wildman–Crippen LogP) is 3.17. The molecule has 0 bridgehead atoms. The Hall–Kier alpha value is -1.81.